The number of ether oxygens (including phenoxy) is 1. The molecule has 21 heavy (non-hydrogen) atoms. The van der Waals surface area contributed by atoms with Crippen LogP contribution >= 0.6 is 0 Å². The van der Waals surface area contributed by atoms with Gasteiger partial charge in [0.15, 0.2) is 0 Å². The van der Waals surface area contributed by atoms with E-state index in [0.29, 0.717) is 32.2 Å². The molecule has 0 radical (unpaired) electrons. The minimum absolute atomic E-state index is 0.103. The molecule has 0 aromatic heterocycles. The zero-order valence-corrected chi connectivity index (χ0v) is 13.4. The summed E-state index contributed by atoms with van der Waals surface area (Å²) >= 11 is 0. The number of rotatable bonds is 10. The molecule has 1 aromatic carbocycles. The second kappa shape index (κ2) is 10.4. The summed E-state index contributed by atoms with van der Waals surface area (Å²) in [5.74, 6) is 0.103. The average molecular weight is 292 g/mol. The van der Waals surface area contributed by atoms with Crippen LogP contribution in [0.4, 0.5) is 0 Å². The molecule has 0 spiro atoms. The van der Waals surface area contributed by atoms with Crippen LogP contribution in [0.1, 0.15) is 44.7 Å². The minimum atomic E-state index is 0.103. The molecule has 1 aromatic rings. The Morgan fingerprint density at radius 2 is 1.95 bits per heavy atom. The zero-order chi connectivity index (χ0) is 15.5. The predicted octanol–water partition coefficient (Wildman–Crippen LogP) is 2.62. The van der Waals surface area contributed by atoms with Gasteiger partial charge >= 0.3 is 0 Å². The van der Waals surface area contributed by atoms with Crippen molar-refractivity contribution in [2.45, 2.75) is 52.8 Å². The number of carbonyl (C=O) groups excluding carboxylic acids is 1. The summed E-state index contributed by atoms with van der Waals surface area (Å²) in [5.41, 5.74) is 2.26. The van der Waals surface area contributed by atoms with Crippen molar-refractivity contribution in [2.75, 3.05) is 13.2 Å². The average Bonchev–Trinajstić information content (AvgIpc) is 2.48. The summed E-state index contributed by atoms with van der Waals surface area (Å²) in [4.78, 5) is 11.8. The van der Waals surface area contributed by atoms with E-state index in [2.05, 4.69) is 24.5 Å². The fourth-order valence-electron chi connectivity index (χ4n) is 2.00. The van der Waals surface area contributed by atoms with Gasteiger partial charge in [-0.2, -0.15) is 0 Å². The van der Waals surface area contributed by atoms with Gasteiger partial charge in [0.25, 0.3) is 0 Å². The second-order valence-corrected chi connectivity index (χ2v) is 5.39. The lowest BCUT2D eigenvalue weighted by Gasteiger charge is -2.11. The van der Waals surface area contributed by atoms with E-state index in [1.807, 2.05) is 31.2 Å². The van der Waals surface area contributed by atoms with Gasteiger partial charge in [0.05, 0.1) is 6.61 Å². The molecule has 0 unspecified atom stereocenters. The van der Waals surface area contributed by atoms with Crippen LogP contribution < -0.4 is 10.6 Å². The Morgan fingerprint density at radius 1 is 1.24 bits per heavy atom. The quantitative estimate of drug-likeness (QED) is 0.652. The van der Waals surface area contributed by atoms with Crippen molar-refractivity contribution in [1.82, 2.24) is 10.6 Å². The molecule has 1 rings (SSSR count). The normalized spacial score (nSPS) is 10.9. The highest BCUT2D eigenvalue weighted by molar-refractivity contribution is 5.75. The fraction of sp³-hybridized carbons (Fsp3) is 0.588. The van der Waals surface area contributed by atoms with Crippen molar-refractivity contribution >= 4 is 5.91 Å². The first kappa shape index (κ1) is 17.7. The summed E-state index contributed by atoms with van der Waals surface area (Å²) < 4.78 is 5.45. The Morgan fingerprint density at radius 3 is 2.62 bits per heavy atom. The molecule has 1 amide bonds. The first-order valence-corrected chi connectivity index (χ1v) is 7.78. The van der Waals surface area contributed by atoms with E-state index in [4.69, 9.17) is 4.74 Å². The molecule has 0 saturated carbocycles. The number of hydrogen-bond donors (Lipinski definition) is 2. The number of benzene rings is 1. The van der Waals surface area contributed by atoms with E-state index >= 15 is 0 Å². The van der Waals surface area contributed by atoms with Crippen LogP contribution in [-0.4, -0.2) is 25.1 Å². The third-order valence-corrected chi connectivity index (χ3v) is 3.19. The summed E-state index contributed by atoms with van der Waals surface area (Å²) in [5, 5.41) is 6.29. The lowest BCUT2D eigenvalue weighted by Crippen LogP contribution is -2.27. The number of carbonyl (C=O) groups is 1. The third kappa shape index (κ3) is 7.83. The first-order chi connectivity index (χ1) is 10.1. The molecule has 0 aliphatic carbocycles. The van der Waals surface area contributed by atoms with Crippen LogP contribution in [0, 0.1) is 0 Å². The maximum Gasteiger partial charge on any atom is 0.220 e. The molecule has 0 aliphatic heterocycles. The monoisotopic (exact) mass is 292 g/mol. The van der Waals surface area contributed by atoms with E-state index in [0.717, 1.165) is 24.1 Å². The van der Waals surface area contributed by atoms with Crippen LogP contribution in [0.2, 0.25) is 0 Å². The Hall–Kier alpha value is -1.39. The first-order valence-electron chi connectivity index (χ1n) is 7.78. The summed E-state index contributed by atoms with van der Waals surface area (Å²) in [6, 6.07) is 8.54. The number of hydrogen-bond acceptors (Lipinski definition) is 3. The molecule has 2 N–H and O–H groups in total. The smallest absolute Gasteiger partial charge is 0.220 e. The number of amides is 1. The van der Waals surface area contributed by atoms with Gasteiger partial charge in [-0.25, -0.2) is 0 Å². The largest absolute Gasteiger partial charge is 0.377 e. The Balaban J connectivity index is 2.32. The Labute approximate surface area is 128 Å². The summed E-state index contributed by atoms with van der Waals surface area (Å²) in [6.07, 6.45) is 1.43. The molecule has 0 bridgehead atoms. The van der Waals surface area contributed by atoms with Gasteiger partial charge in [-0.15, -0.1) is 0 Å². The topological polar surface area (TPSA) is 50.4 Å². The van der Waals surface area contributed by atoms with E-state index in [1.54, 1.807) is 0 Å². The highest BCUT2D eigenvalue weighted by Gasteiger charge is 2.05. The van der Waals surface area contributed by atoms with Gasteiger partial charge in [0.1, 0.15) is 0 Å². The maximum absolute atomic E-state index is 11.8. The summed E-state index contributed by atoms with van der Waals surface area (Å²) in [6.45, 7) is 8.94. The van der Waals surface area contributed by atoms with E-state index in [-0.39, 0.29) is 5.91 Å². The Bertz CT molecular complexity index is 419. The van der Waals surface area contributed by atoms with Crippen molar-refractivity contribution in [1.29, 1.82) is 0 Å². The highest BCUT2D eigenvalue weighted by atomic mass is 16.5. The van der Waals surface area contributed by atoms with Gasteiger partial charge < -0.3 is 15.4 Å². The fourth-order valence-corrected chi connectivity index (χ4v) is 2.00. The van der Waals surface area contributed by atoms with Crippen molar-refractivity contribution in [3.8, 4) is 0 Å². The molecular formula is C17H28N2O2. The summed E-state index contributed by atoms with van der Waals surface area (Å²) in [7, 11) is 0. The van der Waals surface area contributed by atoms with Crippen molar-refractivity contribution in [3.63, 3.8) is 0 Å². The number of nitrogens with one attached hydrogen (secondary N) is 2. The van der Waals surface area contributed by atoms with E-state index in [1.165, 1.54) is 0 Å². The molecule has 0 saturated heterocycles. The molecule has 4 nitrogen and oxygen atoms in total. The van der Waals surface area contributed by atoms with Crippen LogP contribution in [0.25, 0.3) is 0 Å². The van der Waals surface area contributed by atoms with E-state index < -0.39 is 0 Å². The lowest BCUT2D eigenvalue weighted by molar-refractivity contribution is -0.121. The highest BCUT2D eigenvalue weighted by Crippen LogP contribution is 2.10. The molecular weight excluding hydrogens is 264 g/mol. The molecule has 0 aliphatic rings. The second-order valence-electron chi connectivity index (χ2n) is 5.39. The molecule has 0 heterocycles. The molecule has 118 valence electrons. The Kier molecular flexibility index (Phi) is 8.71. The molecule has 0 atom stereocenters. The SMILES string of the molecule is CCOCc1ccccc1CNC(=O)CCCNC(C)C. The van der Waals surface area contributed by atoms with Crippen LogP contribution in [0.3, 0.4) is 0 Å². The van der Waals surface area contributed by atoms with Crippen molar-refractivity contribution < 1.29 is 9.53 Å². The third-order valence-electron chi connectivity index (χ3n) is 3.19. The van der Waals surface area contributed by atoms with Crippen molar-refractivity contribution in [3.05, 3.63) is 35.4 Å². The van der Waals surface area contributed by atoms with Crippen LogP contribution in [0.5, 0.6) is 0 Å². The van der Waals surface area contributed by atoms with Gasteiger partial charge in [0, 0.05) is 25.6 Å². The van der Waals surface area contributed by atoms with Crippen LogP contribution in [-0.2, 0) is 22.7 Å². The van der Waals surface area contributed by atoms with Gasteiger partial charge in [-0.3, -0.25) is 4.79 Å². The van der Waals surface area contributed by atoms with Gasteiger partial charge in [-0.1, -0.05) is 38.1 Å². The molecule has 4 heteroatoms. The van der Waals surface area contributed by atoms with Crippen LogP contribution in [0.15, 0.2) is 24.3 Å². The standard InChI is InChI=1S/C17H28N2O2/c1-4-21-13-16-9-6-5-8-15(16)12-19-17(20)10-7-11-18-14(2)3/h5-6,8-9,14,18H,4,7,10-13H2,1-3H3,(H,19,20). The van der Waals surface area contributed by atoms with Gasteiger partial charge in [0.2, 0.25) is 5.91 Å². The predicted molar refractivity (Wildman–Crippen MR) is 86.0 cm³/mol. The zero-order valence-electron chi connectivity index (χ0n) is 13.4. The molecule has 0 fully saturated rings. The lowest BCUT2D eigenvalue weighted by atomic mass is 10.1. The van der Waals surface area contributed by atoms with Crippen molar-refractivity contribution in [2.24, 2.45) is 0 Å². The maximum atomic E-state index is 11.8. The van der Waals surface area contributed by atoms with Gasteiger partial charge in [-0.05, 0) is 31.0 Å². The minimum Gasteiger partial charge on any atom is -0.377 e. The van der Waals surface area contributed by atoms with E-state index in [9.17, 15) is 4.79 Å².